The Labute approximate surface area is 101 Å². The van der Waals surface area contributed by atoms with E-state index in [1.165, 1.54) is 0 Å². The van der Waals surface area contributed by atoms with E-state index < -0.39 is 0 Å². The Morgan fingerprint density at radius 1 is 1.44 bits per heavy atom. The van der Waals surface area contributed by atoms with Crippen LogP contribution in [0.2, 0.25) is 5.02 Å². The highest BCUT2D eigenvalue weighted by atomic mass is 35.5. The van der Waals surface area contributed by atoms with Crippen molar-refractivity contribution in [3.05, 3.63) is 29.3 Å². The van der Waals surface area contributed by atoms with Crippen LogP contribution in [0, 0.1) is 0 Å². The highest BCUT2D eigenvalue weighted by molar-refractivity contribution is 6.33. The lowest BCUT2D eigenvalue weighted by Crippen LogP contribution is -2.17. The molecule has 0 amide bonds. The summed E-state index contributed by atoms with van der Waals surface area (Å²) in [7, 11) is 0. The first-order valence-corrected chi connectivity index (χ1v) is 5.76. The third-order valence-electron chi connectivity index (χ3n) is 2.06. The Morgan fingerprint density at radius 3 is 2.88 bits per heavy atom. The van der Waals surface area contributed by atoms with Gasteiger partial charge in [0.2, 0.25) is 0 Å². The van der Waals surface area contributed by atoms with Crippen LogP contribution in [0.5, 0.6) is 0 Å². The number of nitrogens with one attached hydrogen (secondary N) is 1. The fraction of sp³-hybridized carbons (Fsp3) is 0.417. The molecule has 16 heavy (non-hydrogen) atoms. The van der Waals surface area contributed by atoms with Crippen LogP contribution in [0.1, 0.15) is 19.8 Å². The number of halogens is 1. The van der Waals surface area contributed by atoms with E-state index in [4.69, 9.17) is 16.3 Å². The van der Waals surface area contributed by atoms with E-state index in [2.05, 4.69) is 12.2 Å². The van der Waals surface area contributed by atoms with Crippen molar-refractivity contribution in [3.8, 4) is 0 Å². The Bertz CT molecular complexity index is 342. The average molecular weight is 242 g/mol. The number of benzene rings is 1. The standard InChI is InChI=1S/C12H16ClNO2/c1-2-3-8-16-12(15)9-14-11-7-5-4-6-10(11)13/h4-7,14H,2-3,8-9H2,1H3. The molecule has 0 aliphatic rings. The van der Waals surface area contributed by atoms with Crippen LogP contribution in [0.15, 0.2) is 24.3 Å². The zero-order valence-corrected chi connectivity index (χ0v) is 10.1. The second-order valence-corrected chi connectivity index (χ2v) is 3.81. The summed E-state index contributed by atoms with van der Waals surface area (Å²) >= 11 is 5.92. The minimum Gasteiger partial charge on any atom is -0.464 e. The van der Waals surface area contributed by atoms with E-state index in [0.717, 1.165) is 18.5 Å². The van der Waals surface area contributed by atoms with Crippen molar-refractivity contribution in [1.29, 1.82) is 0 Å². The Morgan fingerprint density at radius 2 is 2.19 bits per heavy atom. The molecule has 0 spiro atoms. The molecule has 0 fully saturated rings. The molecule has 1 aromatic carbocycles. The Balaban J connectivity index is 2.29. The number of hydrogen-bond donors (Lipinski definition) is 1. The molecule has 88 valence electrons. The molecule has 0 bridgehead atoms. The Hall–Kier alpha value is -1.22. The highest BCUT2D eigenvalue weighted by Gasteiger charge is 2.03. The molecule has 0 aliphatic heterocycles. The van der Waals surface area contributed by atoms with Crippen molar-refractivity contribution in [2.75, 3.05) is 18.5 Å². The summed E-state index contributed by atoms with van der Waals surface area (Å²) in [5.74, 6) is -0.256. The second-order valence-electron chi connectivity index (χ2n) is 3.41. The summed E-state index contributed by atoms with van der Waals surface area (Å²) in [6.07, 6.45) is 1.92. The summed E-state index contributed by atoms with van der Waals surface area (Å²) in [4.78, 5) is 11.3. The number of anilines is 1. The van der Waals surface area contributed by atoms with Gasteiger partial charge < -0.3 is 10.1 Å². The van der Waals surface area contributed by atoms with Crippen LogP contribution >= 0.6 is 11.6 Å². The predicted octanol–water partition coefficient (Wildman–Crippen LogP) is 3.10. The van der Waals surface area contributed by atoms with E-state index in [1.807, 2.05) is 18.2 Å². The molecule has 0 unspecified atom stereocenters. The van der Waals surface area contributed by atoms with E-state index in [9.17, 15) is 4.79 Å². The average Bonchev–Trinajstić information content (AvgIpc) is 2.28. The highest BCUT2D eigenvalue weighted by Crippen LogP contribution is 2.19. The van der Waals surface area contributed by atoms with Gasteiger partial charge in [0.25, 0.3) is 0 Å². The number of para-hydroxylation sites is 1. The van der Waals surface area contributed by atoms with Crippen LogP contribution in [0.3, 0.4) is 0 Å². The van der Waals surface area contributed by atoms with E-state index in [0.29, 0.717) is 11.6 Å². The van der Waals surface area contributed by atoms with E-state index >= 15 is 0 Å². The van der Waals surface area contributed by atoms with Crippen LogP contribution in [0.4, 0.5) is 5.69 Å². The van der Waals surface area contributed by atoms with Crippen molar-refractivity contribution < 1.29 is 9.53 Å². The van der Waals surface area contributed by atoms with Gasteiger partial charge in [0, 0.05) is 0 Å². The molecule has 1 aromatic rings. The van der Waals surface area contributed by atoms with Crippen molar-refractivity contribution >= 4 is 23.3 Å². The maximum atomic E-state index is 11.3. The minimum absolute atomic E-state index is 0.146. The number of hydrogen-bond acceptors (Lipinski definition) is 3. The molecule has 0 heterocycles. The molecule has 1 rings (SSSR count). The first kappa shape index (κ1) is 12.8. The number of carbonyl (C=O) groups is 1. The molecule has 1 N–H and O–H groups in total. The molecule has 0 atom stereocenters. The van der Waals surface area contributed by atoms with Gasteiger partial charge in [0.15, 0.2) is 0 Å². The van der Waals surface area contributed by atoms with Gasteiger partial charge in [-0.15, -0.1) is 0 Å². The number of ether oxygens (including phenoxy) is 1. The van der Waals surface area contributed by atoms with Gasteiger partial charge in [-0.1, -0.05) is 37.1 Å². The van der Waals surface area contributed by atoms with Crippen LogP contribution in [-0.2, 0) is 9.53 Å². The summed E-state index contributed by atoms with van der Waals surface area (Å²) < 4.78 is 5.00. The molecule has 3 nitrogen and oxygen atoms in total. The molecular formula is C12H16ClNO2. The normalized spacial score (nSPS) is 9.88. The topological polar surface area (TPSA) is 38.3 Å². The molecule has 0 saturated heterocycles. The molecule has 0 radical (unpaired) electrons. The van der Waals surface area contributed by atoms with E-state index in [-0.39, 0.29) is 12.5 Å². The minimum atomic E-state index is -0.256. The maximum Gasteiger partial charge on any atom is 0.325 e. The largest absolute Gasteiger partial charge is 0.464 e. The van der Waals surface area contributed by atoms with Gasteiger partial charge in [0.1, 0.15) is 6.54 Å². The van der Waals surface area contributed by atoms with Gasteiger partial charge in [-0.3, -0.25) is 4.79 Å². The lowest BCUT2D eigenvalue weighted by molar-refractivity contribution is -0.141. The smallest absolute Gasteiger partial charge is 0.325 e. The maximum absolute atomic E-state index is 11.3. The first-order chi connectivity index (χ1) is 7.74. The fourth-order valence-corrected chi connectivity index (χ4v) is 1.36. The summed E-state index contributed by atoms with van der Waals surface area (Å²) in [6.45, 7) is 2.68. The number of carbonyl (C=O) groups excluding carboxylic acids is 1. The molecule has 0 saturated carbocycles. The van der Waals surface area contributed by atoms with Gasteiger partial charge in [0.05, 0.1) is 17.3 Å². The van der Waals surface area contributed by atoms with E-state index in [1.54, 1.807) is 6.07 Å². The van der Waals surface area contributed by atoms with Crippen LogP contribution < -0.4 is 5.32 Å². The summed E-state index contributed by atoms with van der Waals surface area (Å²) in [5.41, 5.74) is 0.747. The van der Waals surface area contributed by atoms with Gasteiger partial charge >= 0.3 is 5.97 Å². The zero-order chi connectivity index (χ0) is 11.8. The van der Waals surface area contributed by atoms with Gasteiger partial charge in [-0.05, 0) is 18.6 Å². The molecule has 0 aromatic heterocycles. The predicted molar refractivity (Wildman–Crippen MR) is 65.8 cm³/mol. The SMILES string of the molecule is CCCCOC(=O)CNc1ccccc1Cl. The third-order valence-corrected chi connectivity index (χ3v) is 2.39. The zero-order valence-electron chi connectivity index (χ0n) is 9.33. The third kappa shape index (κ3) is 4.53. The summed E-state index contributed by atoms with van der Waals surface area (Å²) in [5, 5.41) is 3.53. The van der Waals surface area contributed by atoms with Crippen molar-refractivity contribution in [3.63, 3.8) is 0 Å². The number of esters is 1. The van der Waals surface area contributed by atoms with Gasteiger partial charge in [-0.2, -0.15) is 0 Å². The Kier molecular flexibility index (Phi) is 5.72. The number of unbranched alkanes of at least 4 members (excludes halogenated alkanes) is 1. The lowest BCUT2D eigenvalue weighted by Gasteiger charge is -2.07. The fourth-order valence-electron chi connectivity index (χ4n) is 1.15. The first-order valence-electron chi connectivity index (χ1n) is 5.38. The lowest BCUT2D eigenvalue weighted by atomic mass is 10.3. The van der Waals surface area contributed by atoms with Crippen molar-refractivity contribution in [1.82, 2.24) is 0 Å². The van der Waals surface area contributed by atoms with Crippen LogP contribution in [0.25, 0.3) is 0 Å². The van der Waals surface area contributed by atoms with Gasteiger partial charge in [-0.25, -0.2) is 0 Å². The second kappa shape index (κ2) is 7.12. The molecule has 4 heteroatoms. The van der Waals surface area contributed by atoms with Crippen LogP contribution in [-0.4, -0.2) is 19.1 Å². The summed E-state index contributed by atoms with van der Waals surface area (Å²) in [6, 6.07) is 7.29. The molecule has 0 aliphatic carbocycles. The van der Waals surface area contributed by atoms with Crippen molar-refractivity contribution in [2.45, 2.75) is 19.8 Å². The van der Waals surface area contributed by atoms with Crippen molar-refractivity contribution in [2.24, 2.45) is 0 Å². The monoisotopic (exact) mass is 241 g/mol. The quantitative estimate of drug-likeness (QED) is 0.614. The molecular weight excluding hydrogens is 226 g/mol. The number of rotatable bonds is 6.